The summed E-state index contributed by atoms with van der Waals surface area (Å²) >= 11 is 0. The molecule has 1 fully saturated rings. The second kappa shape index (κ2) is 8.09. The van der Waals surface area contributed by atoms with E-state index in [0.717, 1.165) is 19.4 Å². The van der Waals surface area contributed by atoms with E-state index in [1.807, 2.05) is 6.07 Å². The maximum atomic E-state index is 9.26. The molecule has 2 rings (SSSR count). The van der Waals surface area contributed by atoms with Gasteiger partial charge in [0.1, 0.15) is 0 Å². The Morgan fingerprint density at radius 1 is 1.30 bits per heavy atom. The van der Waals surface area contributed by atoms with E-state index in [0.29, 0.717) is 17.9 Å². The highest BCUT2D eigenvalue weighted by molar-refractivity contribution is 5.19. The molecule has 1 aromatic rings. The van der Waals surface area contributed by atoms with Crippen LogP contribution in [0.5, 0.6) is 0 Å². The Labute approximate surface area is 122 Å². The summed E-state index contributed by atoms with van der Waals surface area (Å²) in [5.41, 5.74) is 1.30. The molecule has 0 aliphatic heterocycles. The van der Waals surface area contributed by atoms with Crippen LogP contribution in [0, 0.1) is 18.3 Å². The SMILES string of the molecule is C#CC1CCCC(NCC(CCO)c2ccccc2)C1. The molecule has 1 saturated carbocycles. The molecule has 2 nitrogen and oxygen atoms in total. The number of hydrogen-bond donors (Lipinski definition) is 2. The molecule has 1 aromatic carbocycles. The molecule has 20 heavy (non-hydrogen) atoms. The Balaban J connectivity index is 1.88. The van der Waals surface area contributed by atoms with E-state index in [4.69, 9.17) is 6.42 Å². The lowest BCUT2D eigenvalue weighted by Gasteiger charge is -2.29. The van der Waals surface area contributed by atoms with Gasteiger partial charge in [-0.2, -0.15) is 0 Å². The summed E-state index contributed by atoms with van der Waals surface area (Å²) in [4.78, 5) is 0. The predicted molar refractivity (Wildman–Crippen MR) is 83.5 cm³/mol. The molecule has 0 heterocycles. The van der Waals surface area contributed by atoms with E-state index < -0.39 is 0 Å². The van der Waals surface area contributed by atoms with Crippen molar-refractivity contribution < 1.29 is 5.11 Å². The van der Waals surface area contributed by atoms with E-state index in [1.165, 1.54) is 24.8 Å². The normalized spacial score (nSPS) is 24.0. The van der Waals surface area contributed by atoms with Gasteiger partial charge in [0.2, 0.25) is 0 Å². The fraction of sp³-hybridized carbons (Fsp3) is 0.556. The van der Waals surface area contributed by atoms with Crippen molar-refractivity contribution in [3.8, 4) is 12.3 Å². The lowest BCUT2D eigenvalue weighted by Crippen LogP contribution is -2.36. The third-order valence-electron chi connectivity index (χ3n) is 4.31. The predicted octanol–water partition coefficient (Wildman–Crippen LogP) is 2.93. The minimum atomic E-state index is 0.235. The van der Waals surface area contributed by atoms with Gasteiger partial charge >= 0.3 is 0 Å². The molecule has 1 aliphatic rings. The molecule has 3 atom stereocenters. The molecule has 0 spiro atoms. The summed E-state index contributed by atoms with van der Waals surface area (Å²) in [6.45, 7) is 1.16. The van der Waals surface area contributed by atoms with Crippen molar-refractivity contribution in [3.63, 3.8) is 0 Å². The number of aliphatic hydroxyl groups excluding tert-OH is 1. The van der Waals surface area contributed by atoms with Crippen molar-refractivity contribution in [3.05, 3.63) is 35.9 Å². The Hall–Kier alpha value is -1.30. The quantitative estimate of drug-likeness (QED) is 0.780. The minimum absolute atomic E-state index is 0.235. The van der Waals surface area contributed by atoms with Crippen LogP contribution in [0.15, 0.2) is 30.3 Å². The molecule has 3 unspecified atom stereocenters. The van der Waals surface area contributed by atoms with Crippen molar-refractivity contribution >= 4 is 0 Å². The van der Waals surface area contributed by atoms with E-state index >= 15 is 0 Å². The summed E-state index contributed by atoms with van der Waals surface area (Å²) in [7, 11) is 0. The first kappa shape index (κ1) is 15.1. The van der Waals surface area contributed by atoms with Gasteiger partial charge in [0, 0.05) is 25.1 Å². The molecule has 2 heteroatoms. The highest BCUT2D eigenvalue weighted by Crippen LogP contribution is 2.25. The summed E-state index contributed by atoms with van der Waals surface area (Å²) < 4.78 is 0. The van der Waals surface area contributed by atoms with E-state index in [1.54, 1.807) is 0 Å². The standard InChI is InChI=1S/C18H25NO/c1-2-15-7-6-10-18(13-15)19-14-17(11-12-20)16-8-4-3-5-9-16/h1,3-5,8-9,15,17-20H,6-7,10-14H2. The van der Waals surface area contributed by atoms with Gasteiger partial charge in [0.05, 0.1) is 0 Å². The second-order valence-corrected chi connectivity index (χ2v) is 5.76. The summed E-state index contributed by atoms with van der Waals surface area (Å²) in [5.74, 6) is 3.72. The fourth-order valence-corrected chi connectivity index (χ4v) is 3.10. The third kappa shape index (κ3) is 4.37. The Morgan fingerprint density at radius 2 is 2.10 bits per heavy atom. The van der Waals surface area contributed by atoms with Crippen LogP contribution in [0.4, 0.5) is 0 Å². The molecule has 0 radical (unpaired) electrons. The molecule has 1 aliphatic carbocycles. The molecule has 108 valence electrons. The number of rotatable bonds is 6. The Bertz CT molecular complexity index is 423. The first-order chi connectivity index (χ1) is 9.83. The lowest BCUT2D eigenvalue weighted by molar-refractivity contribution is 0.265. The molecular weight excluding hydrogens is 246 g/mol. The zero-order valence-corrected chi connectivity index (χ0v) is 12.1. The number of terminal acetylenes is 1. The van der Waals surface area contributed by atoms with E-state index in [9.17, 15) is 5.11 Å². The number of aliphatic hydroxyl groups is 1. The monoisotopic (exact) mass is 271 g/mol. The van der Waals surface area contributed by atoms with Gasteiger partial charge < -0.3 is 10.4 Å². The molecule has 0 aromatic heterocycles. The number of benzene rings is 1. The zero-order chi connectivity index (χ0) is 14.2. The van der Waals surface area contributed by atoms with Crippen LogP contribution in [0.1, 0.15) is 43.6 Å². The largest absolute Gasteiger partial charge is 0.396 e. The fourth-order valence-electron chi connectivity index (χ4n) is 3.10. The summed E-state index contributed by atoms with van der Waals surface area (Å²) in [5, 5.41) is 12.9. The van der Waals surface area contributed by atoms with Crippen molar-refractivity contribution in [2.24, 2.45) is 5.92 Å². The van der Waals surface area contributed by atoms with Crippen molar-refractivity contribution in [1.29, 1.82) is 0 Å². The highest BCUT2D eigenvalue weighted by Gasteiger charge is 2.21. The summed E-state index contributed by atoms with van der Waals surface area (Å²) in [6, 6.07) is 11.0. The average molecular weight is 271 g/mol. The van der Waals surface area contributed by atoms with Crippen LogP contribution in [-0.2, 0) is 0 Å². The Kier molecular flexibility index (Phi) is 6.11. The van der Waals surface area contributed by atoms with Crippen LogP contribution in [0.3, 0.4) is 0 Å². The van der Waals surface area contributed by atoms with Crippen LogP contribution in [0.2, 0.25) is 0 Å². The number of hydrogen-bond acceptors (Lipinski definition) is 2. The van der Waals surface area contributed by atoms with Gasteiger partial charge in [-0.15, -0.1) is 12.3 Å². The smallest absolute Gasteiger partial charge is 0.0437 e. The van der Waals surface area contributed by atoms with Crippen molar-refractivity contribution in [1.82, 2.24) is 5.32 Å². The molecule has 2 N–H and O–H groups in total. The van der Waals surface area contributed by atoms with Gasteiger partial charge in [-0.05, 0) is 37.2 Å². The van der Waals surface area contributed by atoms with Crippen LogP contribution >= 0.6 is 0 Å². The molecular formula is C18H25NO. The van der Waals surface area contributed by atoms with E-state index in [-0.39, 0.29) is 6.61 Å². The van der Waals surface area contributed by atoms with Gasteiger partial charge in [0.25, 0.3) is 0 Å². The number of nitrogens with one attached hydrogen (secondary N) is 1. The van der Waals surface area contributed by atoms with E-state index in [2.05, 4.69) is 35.5 Å². The van der Waals surface area contributed by atoms with Gasteiger partial charge in [0.15, 0.2) is 0 Å². The van der Waals surface area contributed by atoms with Gasteiger partial charge in [-0.25, -0.2) is 0 Å². The maximum Gasteiger partial charge on any atom is 0.0437 e. The highest BCUT2D eigenvalue weighted by atomic mass is 16.3. The topological polar surface area (TPSA) is 32.3 Å². The minimum Gasteiger partial charge on any atom is -0.396 e. The third-order valence-corrected chi connectivity index (χ3v) is 4.31. The van der Waals surface area contributed by atoms with Crippen LogP contribution in [0.25, 0.3) is 0 Å². The van der Waals surface area contributed by atoms with Crippen molar-refractivity contribution in [2.75, 3.05) is 13.2 Å². The van der Waals surface area contributed by atoms with Gasteiger partial charge in [-0.1, -0.05) is 36.8 Å². The van der Waals surface area contributed by atoms with Crippen molar-refractivity contribution in [2.45, 2.75) is 44.1 Å². The summed E-state index contributed by atoms with van der Waals surface area (Å²) in [6.07, 6.45) is 11.1. The van der Waals surface area contributed by atoms with Crippen LogP contribution < -0.4 is 5.32 Å². The molecule has 0 amide bonds. The maximum absolute atomic E-state index is 9.26. The van der Waals surface area contributed by atoms with Crippen LogP contribution in [-0.4, -0.2) is 24.3 Å². The lowest BCUT2D eigenvalue weighted by atomic mass is 9.86. The average Bonchev–Trinajstić information content (AvgIpc) is 2.52. The van der Waals surface area contributed by atoms with Gasteiger partial charge in [-0.3, -0.25) is 0 Å². The first-order valence-electron chi connectivity index (χ1n) is 7.68. The molecule has 0 saturated heterocycles. The second-order valence-electron chi connectivity index (χ2n) is 5.76. The zero-order valence-electron chi connectivity index (χ0n) is 12.1. The first-order valence-corrected chi connectivity index (χ1v) is 7.68. The Morgan fingerprint density at radius 3 is 2.80 bits per heavy atom. The molecule has 0 bridgehead atoms.